The highest BCUT2D eigenvalue weighted by atomic mass is 19.1. The standard InChI is InChI=1S/C23H15FN4/c24-20-11-9-18(10-12-20)23-19(15-26-21-6-4-5-17(13-21)14-25)16-28(27-23)22-7-2-1-3-8-22/h1-13,15-16H. The highest BCUT2D eigenvalue weighted by molar-refractivity contribution is 5.90. The van der Waals surface area contributed by atoms with Crippen molar-refractivity contribution in [2.45, 2.75) is 0 Å². The van der Waals surface area contributed by atoms with E-state index in [1.165, 1.54) is 12.1 Å². The first-order valence-corrected chi connectivity index (χ1v) is 8.68. The van der Waals surface area contributed by atoms with E-state index in [4.69, 9.17) is 5.26 Å². The molecule has 0 radical (unpaired) electrons. The van der Waals surface area contributed by atoms with Crippen molar-refractivity contribution in [3.8, 4) is 23.0 Å². The van der Waals surface area contributed by atoms with Crippen molar-refractivity contribution < 1.29 is 4.39 Å². The first-order valence-electron chi connectivity index (χ1n) is 8.68. The van der Waals surface area contributed by atoms with Crippen LogP contribution in [0.1, 0.15) is 11.1 Å². The summed E-state index contributed by atoms with van der Waals surface area (Å²) >= 11 is 0. The van der Waals surface area contributed by atoms with Crippen molar-refractivity contribution >= 4 is 11.9 Å². The number of rotatable bonds is 4. The Kier molecular flexibility index (Phi) is 4.77. The summed E-state index contributed by atoms with van der Waals surface area (Å²) in [6, 6.07) is 25.1. The zero-order valence-corrected chi connectivity index (χ0v) is 14.8. The number of nitrogens with zero attached hydrogens (tertiary/aromatic N) is 4. The van der Waals surface area contributed by atoms with E-state index in [9.17, 15) is 4.39 Å². The second kappa shape index (κ2) is 7.68. The lowest BCUT2D eigenvalue weighted by atomic mass is 10.1. The average Bonchev–Trinajstić information content (AvgIpc) is 3.18. The van der Waals surface area contributed by atoms with Gasteiger partial charge in [0, 0.05) is 23.5 Å². The summed E-state index contributed by atoms with van der Waals surface area (Å²) < 4.78 is 15.1. The fourth-order valence-electron chi connectivity index (χ4n) is 2.83. The fourth-order valence-corrected chi connectivity index (χ4v) is 2.83. The number of benzene rings is 3. The van der Waals surface area contributed by atoms with E-state index in [-0.39, 0.29) is 5.82 Å². The van der Waals surface area contributed by atoms with E-state index in [0.717, 1.165) is 16.8 Å². The lowest BCUT2D eigenvalue weighted by Crippen LogP contribution is -1.94. The van der Waals surface area contributed by atoms with Crippen LogP contribution in [0.5, 0.6) is 0 Å². The lowest BCUT2D eigenvalue weighted by Gasteiger charge is -2.00. The number of hydrogen-bond donors (Lipinski definition) is 0. The molecule has 0 aliphatic heterocycles. The van der Waals surface area contributed by atoms with E-state index >= 15 is 0 Å². The summed E-state index contributed by atoms with van der Waals surface area (Å²) in [5.74, 6) is -0.297. The van der Waals surface area contributed by atoms with Gasteiger partial charge in [-0.15, -0.1) is 0 Å². The predicted molar refractivity (Wildman–Crippen MR) is 107 cm³/mol. The average molecular weight is 366 g/mol. The third-order valence-electron chi connectivity index (χ3n) is 4.21. The molecule has 5 heteroatoms. The number of nitriles is 1. The summed E-state index contributed by atoms with van der Waals surface area (Å²) in [5.41, 5.74) is 4.42. The Bertz CT molecular complexity index is 1170. The Labute approximate surface area is 161 Å². The Morgan fingerprint density at radius 2 is 1.75 bits per heavy atom. The van der Waals surface area contributed by atoms with Crippen molar-refractivity contribution in [3.05, 3.63) is 102 Å². The van der Waals surface area contributed by atoms with Gasteiger partial charge in [0.15, 0.2) is 0 Å². The maximum absolute atomic E-state index is 13.3. The third-order valence-corrected chi connectivity index (χ3v) is 4.21. The largest absolute Gasteiger partial charge is 0.256 e. The predicted octanol–water partition coefficient (Wildman–Crippen LogP) is 5.30. The van der Waals surface area contributed by atoms with E-state index in [1.54, 1.807) is 41.2 Å². The molecule has 0 aliphatic carbocycles. The number of hydrogen-bond acceptors (Lipinski definition) is 3. The van der Waals surface area contributed by atoms with Gasteiger partial charge in [-0.1, -0.05) is 24.3 Å². The highest BCUT2D eigenvalue weighted by Crippen LogP contribution is 2.24. The van der Waals surface area contributed by atoms with Crippen LogP contribution in [0.25, 0.3) is 16.9 Å². The van der Waals surface area contributed by atoms with Crippen LogP contribution in [-0.4, -0.2) is 16.0 Å². The molecule has 4 aromatic rings. The van der Waals surface area contributed by atoms with Crippen LogP contribution >= 0.6 is 0 Å². The minimum atomic E-state index is -0.297. The van der Waals surface area contributed by atoms with Gasteiger partial charge in [-0.2, -0.15) is 10.4 Å². The Balaban J connectivity index is 1.78. The van der Waals surface area contributed by atoms with Crippen molar-refractivity contribution in [2.75, 3.05) is 0 Å². The number of aliphatic imine (C=N–C) groups is 1. The second-order valence-corrected chi connectivity index (χ2v) is 6.14. The van der Waals surface area contributed by atoms with Crippen molar-refractivity contribution in [2.24, 2.45) is 4.99 Å². The molecule has 4 nitrogen and oxygen atoms in total. The molecular weight excluding hydrogens is 351 g/mol. The molecular formula is C23H15FN4. The summed E-state index contributed by atoms with van der Waals surface area (Å²) in [5, 5.41) is 13.7. The molecule has 3 aromatic carbocycles. The minimum Gasteiger partial charge on any atom is -0.256 e. The molecule has 0 saturated heterocycles. The van der Waals surface area contributed by atoms with Gasteiger partial charge in [0.25, 0.3) is 0 Å². The molecule has 1 aromatic heterocycles. The molecule has 0 spiro atoms. The summed E-state index contributed by atoms with van der Waals surface area (Å²) in [6.45, 7) is 0. The third kappa shape index (κ3) is 3.71. The van der Waals surface area contributed by atoms with E-state index in [1.807, 2.05) is 42.6 Å². The van der Waals surface area contributed by atoms with Gasteiger partial charge in [0.1, 0.15) is 11.5 Å². The van der Waals surface area contributed by atoms with Crippen molar-refractivity contribution in [1.29, 1.82) is 5.26 Å². The Morgan fingerprint density at radius 3 is 2.50 bits per heavy atom. The lowest BCUT2D eigenvalue weighted by molar-refractivity contribution is 0.628. The van der Waals surface area contributed by atoms with E-state index in [0.29, 0.717) is 16.9 Å². The molecule has 1 heterocycles. The van der Waals surface area contributed by atoms with Gasteiger partial charge >= 0.3 is 0 Å². The molecule has 0 saturated carbocycles. The van der Waals surface area contributed by atoms with Gasteiger partial charge in [-0.05, 0) is 54.6 Å². The molecule has 134 valence electrons. The molecule has 0 unspecified atom stereocenters. The molecule has 0 bridgehead atoms. The van der Waals surface area contributed by atoms with Crippen LogP contribution in [-0.2, 0) is 0 Å². The topological polar surface area (TPSA) is 54.0 Å². The summed E-state index contributed by atoms with van der Waals surface area (Å²) in [6.07, 6.45) is 3.59. The normalized spacial score (nSPS) is 10.9. The van der Waals surface area contributed by atoms with Crippen LogP contribution in [0.2, 0.25) is 0 Å². The molecule has 0 N–H and O–H groups in total. The Morgan fingerprint density at radius 1 is 0.964 bits per heavy atom. The van der Waals surface area contributed by atoms with E-state index < -0.39 is 0 Å². The van der Waals surface area contributed by atoms with Gasteiger partial charge in [0.05, 0.1) is 23.0 Å². The molecule has 0 atom stereocenters. The van der Waals surface area contributed by atoms with Crippen LogP contribution in [0.4, 0.5) is 10.1 Å². The molecule has 28 heavy (non-hydrogen) atoms. The van der Waals surface area contributed by atoms with Crippen molar-refractivity contribution in [1.82, 2.24) is 9.78 Å². The number of aromatic nitrogens is 2. The van der Waals surface area contributed by atoms with Gasteiger partial charge in [0.2, 0.25) is 0 Å². The van der Waals surface area contributed by atoms with Crippen LogP contribution < -0.4 is 0 Å². The maximum atomic E-state index is 13.3. The zero-order chi connectivity index (χ0) is 19.3. The monoisotopic (exact) mass is 366 g/mol. The van der Waals surface area contributed by atoms with Crippen LogP contribution in [0.15, 0.2) is 90.1 Å². The number of halogens is 1. The smallest absolute Gasteiger partial charge is 0.123 e. The maximum Gasteiger partial charge on any atom is 0.123 e. The van der Waals surface area contributed by atoms with Crippen LogP contribution in [0, 0.1) is 17.1 Å². The summed E-state index contributed by atoms with van der Waals surface area (Å²) in [4.78, 5) is 4.49. The SMILES string of the molecule is N#Cc1cccc(N=Cc2cn(-c3ccccc3)nc2-c2ccc(F)cc2)c1. The first-order chi connectivity index (χ1) is 13.7. The number of para-hydroxylation sites is 1. The zero-order valence-electron chi connectivity index (χ0n) is 14.8. The Hall–Kier alpha value is -4.04. The second-order valence-electron chi connectivity index (χ2n) is 6.14. The minimum absolute atomic E-state index is 0.297. The molecule has 4 rings (SSSR count). The first kappa shape index (κ1) is 17.4. The quantitative estimate of drug-likeness (QED) is 0.460. The van der Waals surface area contributed by atoms with Gasteiger partial charge in [-0.3, -0.25) is 4.99 Å². The van der Waals surface area contributed by atoms with Gasteiger partial charge in [-0.25, -0.2) is 9.07 Å². The summed E-state index contributed by atoms with van der Waals surface area (Å²) in [7, 11) is 0. The van der Waals surface area contributed by atoms with Gasteiger partial charge < -0.3 is 0 Å². The van der Waals surface area contributed by atoms with Crippen LogP contribution in [0.3, 0.4) is 0 Å². The van der Waals surface area contributed by atoms with E-state index in [2.05, 4.69) is 16.2 Å². The molecule has 0 fully saturated rings. The molecule has 0 amide bonds. The highest BCUT2D eigenvalue weighted by Gasteiger charge is 2.11. The van der Waals surface area contributed by atoms with Crippen molar-refractivity contribution in [3.63, 3.8) is 0 Å². The fraction of sp³-hybridized carbons (Fsp3) is 0. The molecule has 0 aliphatic rings.